The number of alkyl carbamates (subject to hydrolysis) is 1. The Kier molecular flexibility index (Phi) is 5.39. The minimum atomic E-state index is -1.47. The zero-order valence-corrected chi connectivity index (χ0v) is 12.4. The zero-order valence-electron chi connectivity index (χ0n) is 12.4. The van der Waals surface area contributed by atoms with E-state index in [9.17, 15) is 14.7 Å². The molecule has 1 aliphatic rings. The van der Waals surface area contributed by atoms with Crippen molar-refractivity contribution >= 4 is 12.1 Å². The topological polar surface area (TPSA) is 95.9 Å². The molecule has 1 atom stereocenters. The van der Waals surface area contributed by atoms with E-state index in [0.29, 0.717) is 12.8 Å². The van der Waals surface area contributed by atoms with Gasteiger partial charge in [0.15, 0.2) is 6.10 Å². The third-order valence-corrected chi connectivity index (χ3v) is 3.45. The Morgan fingerprint density at radius 1 is 1.25 bits per heavy atom. The number of carboxylic acid groups (broad SMARTS) is 1. The Bertz CT molecular complexity index is 355. The van der Waals surface area contributed by atoms with E-state index >= 15 is 0 Å². The van der Waals surface area contributed by atoms with E-state index < -0.39 is 29.3 Å². The summed E-state index contributed by atoms with van der Waals surface area (Å²) in [6.07, 6.45) is 2.18. The number of aliphatic hydroxyl groups is 1. The van der Waals surface area contributed by atoms with E-state index in [1.165, 1.54) is 0 Å². The Morgan fingerprint density at radius 2 is 1.80 bits per heavy atom. The van der Waals surface area contributed by atoms with Crippen LogP contribution in [0.5, 0.6) is 0 Å². The van der Waals surface area contributed by atoms with Crippen LogP contribution in [-0.2, 0) is 9.53 Å². The SMILES string of the molecule is CC(C)(C)OC(=O)NC1(CC(O)C(=O)O)CCCCC1. The molecular formula is C14H25NO5. The molecular weight excluding hydrogens is 262 g/mol. The first-order chi connectivity index (χ1) is 9.14. The lowest BCUT2D eigenvalue weighted by atomic mass is 9.78. The van der Waals surface area contributed by atoms with Crippen LogP contribution < -0.4 is 5.32 Å². The Labute approximate surface area is 119 Å². The molecule has 0 aromatic carbocycles. The number of hydrogen-bond donors (Lipinski definition) is 3. The fourth-order valence-corrected chi connectivity index (χ4v) is 2.59. The Balaban J connectivity index is 2.73. The number of carboxylic acids is 1. The molecule has 0 heterocycles. The molecule has 0 aromatic rings. The van der Waals surface area contributed by atoms with E-state index in [0.717, 1.165) is 19.3 Å². The van der Waals surface area contributed by atoms with Gasteiger partial charge in [0.2, 0.25) is 0 Å². The van der Waals surface area contributed by atoms with Gasteiger partial charge in [0.05, 0.1) is 0 Å². The molecule has 0 aliphatic heterocycles. The van der Waals surface area contributed by atoms with Gasteiger partial charge >= 0.3 is 12.1 Å². The molecule has 0 aromatic heterocycles. The number of aliphatic hydroxyl groups excluding tert-OH is 1. The summed E-state index contributed by atoms with van der Waals surface area (Å²) >= 11 is 0. The zero-order chi connectivity index (χ0) is 15.4. The van der Waals surface area contributed by atoms with Gasteiger partial charge in [-0.25, -0.2) is 9.59 Å². The lowest BCUT2D eigenvalue weighted by molar-refractivity contribution is -0.148. The number of rotatable bonds is 4. The van der Waals surface area contributed by atoms with Crippen molar-refractivity contribution in [2.24, 2.45) is 0 Å². The summed E-state index contributed by atoms with van der Waals surface area (Å²) in [7, 11) is 0. The van der Waals surface area contributed by atoms with Crippen LogP contribution in [0.2, 0.25) is 0 Å². The summed E-state index contributed by atoms with van der Waals surface area (Å²) < 4.78 is 5.23. The molecule has 0 saturated heterocycles. The third kappa shape index (κ3) is 5.36. The molecule has 1 saturated carbocycles. The average molecular weight is 287 g/mol. The first-order valence-corrected chi connectivity index (χ1v) is 7.06. The lowest BCUT2D eigenvalue weighted by Gasteiger charge is -2.39. The van der Waals surface area contributed by atoms with Crippen molar-refractivity contribution in [2.75, 3.05) is 0 Å². The van der Waals surface area contributed by atoms with E-state index in [2.05, 4.69) is 5.32 Å². The van der Waals surface area contributed by atoms with Crippen LogP contribution in [0.25, 0.3) is 0 Å². The van der Waals surface area contributed by atoms with Gasteiger partial charge in [-0.15, -0.1) is 0 Å². The number of amides is 1. The van der Waals surface area contributed by atoms with Crippen LogP contribution in [0.1, 0.15) is 59.3 Å². The van der Waals surface area contributed by atoms with E-state index in [-0.39, 0.29) is 6.42 Å². The second-order valence-corrected chi connectivity index (χ2v) is 6.53. The molecule has 20 heavy (non-hydrogen) atoms. The lowest BCUT2D eigenvalue weighted by Crippen LogP contribution is -2.53. The minimum Gasteiger partial charge on any atom is -0.479 e. The number of hydrogen-bond acceptors (Lipinski definition) is 4. The van der Waals surface area contributed by atoms with Crippen LogP contribution in [0.15, 0.2) is 0 Å². The van der Waals surface area contributed by atoms with Crippen molar-refractivity contribution in [1.29, 1.82) is 0 Å². The number of ether oxygens (including phenoxy) is 1. The standard InChI is InChI=1S/C14H25NO5/c1-13(2,3)20-12(19)15-14(7-5-4-6-8-14)9-10(16)11(17)18/h10,16H,4-9H2,1-3H3,(H,15,19)(H,17,18). The van der Waals surface area contributed by atoms with Crippen molar-refractivity contribution in [1.82, 2.24) is 5.32 Å². The molecule has 1 fully saturated rings. The molecule has 6 heteroatoms. The van der Waals surface area contributed by atoms with E-state index in [1.807, 2.05) is 0 Å². The van der Waals surface area contributed by atoms with Crippen molar-refractivity contribution in [3.05, 3.63) is 0 Å². The monoisotopic (exact) mass is 287 g/mol. The first kappa shape index (κ1) is 16.8. The highest BCUT2D eigenvalue weighted by Crippen LogP contribution is 2.32. The molecule has 1 amide bonds. The summed E-state index contributed by atoms with van der Waals surface area (Å²) in [5.41, 5.74) is -1.29. The highest BCUT2D eigenvalue weighted by atomic mass is 16.6. The highest BCUT2D eigenvalue weighted by molar-refractivity contribution is 5.73. The Morgan fingerprint density at radius 3 is 2.25 bits per heavy atom. The summed E-state index contributed by atoms with van der Waals surface area (Å²) in [5.74, 6) is -1.26. The molecule has 3 N–H and O–H groups in total. The molecule has 0 spiro atoms. The fraction of sp³-hybridized carbons (Fsp3) is 0.857. The smallest absolute Gasteiger partial charge is 0.408 e. The van der Waals surface area contributed by atoms with Gasteiger partial charge in [-0.05, 0) is 33.6 Å². The first-order valence-electron chi connectivity index (χ1n) is 7.06. The van der Waals surface area contributed by atoms with Crippen molar-refractivity contribution in [3.63, 3.8) is 0 Å². The highest BCUT2D eigenvalue weighted by Gasteiger charge is 2.38. The molecule has 6 nitrogen and oxygen atoms in total. The average Bonchev–Trinajstić information content (AvgIpc) is 2.26. The van der Waals surface area contributed by atoms with Gasteiger partial charge in [-0.2, -0.15) is 0 Å². The summed E-state index contributed by atoms with van der Waals surface area (Å²) in [6, 6.07) is 0. The van der Waals surface area contributed by atoms with Crippen LogP contribution in [0.4, 0.5) is 4.79 Å². The van der Waals surface area contributed by atoms with Crippen molar-refractivity contribution in [3.8, 4) is 0 Å². The fourth-order valence-electron chi connectivity index (χ4n) is 2.59. The van der Waals surface area contributed by atoms with Gasteiger partial charge in [0.25, 0.3) is 0 Å². The predicted octanol–water partition coefficient (Wildman–Crippen LogP) is 2.05. The third-order valence-electron chi connectivity index (χ3n) is 3.45. The molecule has 0 bridgehead atoms. The van der Waals surface area contributed by atoms with Gasteiger partial charge in [-0.1, -0.05) is 19.3 Å². The van der Waals surface area contributed by atoms with Crippen molar-refractivity contribution < 1.29 is 24.5 Å². The quantitative estimate of drug-likeness (QED) is 0.735. The predicted molar refractivity (Wildman–Crippen MR) is 73.4 cm³/mol. The van der Waals surface area contributed by atoms with E-state index in [4.69, 9.17) is 9.84 Å². The summed E-state index contributed by atoms with van der Waals surface area (Å²) in [4.78, 5) is 22.8. The summed E-state index contributed by atoms with van der Waals surface area (Å²) in [5, 5.41) is 21.2. The maximum Gasteiger partial charge on any atom is 0.408 e. The maximum atomic E-state index is 11.9. The molecule has 1 aliphatic carbocycles. The van der Waals surface area contributed by atoms with Gasteiger partial charge < -0.3 is 20.3 Å². The van der Waals surface area contributed by atoms with Crippen LogP contribution >= 0.6 is 0 Å². The number of nitrogens with one attached hydrogen (secondary N) is 1. The van der Waals surface area contributed by atoms with Crippen LogP contribution in [0, 0.1) is 0 Å². The maximum absolute atomic E-state index is 11.9. The normalized spacial score (nSPS) is 20.0. The minimum absolute atomic E-state index is 0.0155. The molecule has 116 valence electrons. The van der Waals surface area contributed by atoms with Gasteiger partial charge in [0.1, 0.15) is 5.60 Å². The largest absolute Gasteiger partial charge is 0.479 e. The van der Waals surface area contributed by atoms with Crippen LogP contribution in [-0.4, -0.2) is 39.5 Å². The van der Waals surface area contributed by atoms with Crippen molar-refractivity contribution in [2.45, 2.75) is 76.5 Å². The van der Waals surface area contributed by atoms with Crippen LogP contribution in [0.3, 0.4) is 0 Å². The van der Waals surface area contributed by atoms with E-state index in [1.54, 1.807) is 20.8 Å². The molecule has 1 unspecified atom stereocenters. The summed E-state index contributed by atoms with van der Waals surface area (Å²) in [6.45, 7) is 5.31. The number of carbonyl (C=O) groups is 2. The van der Waals surface area contributed by atoms with Gasteiger partial charge in [0, 0.05) is 12.0 Å². The van der Waals surface area contributed by atoms with Gasteiger partial charge in [-0.3, -0.25) is 0 Å². The molecule has 1 rings (SSSR count). The molecule has 0 radical (unpaired) electrons. The second kappa shape index (κ2) is 6.43. The number of aliphatic carboxylic acids is 1. The Hall–Kier alpha value is -1.30. The second-order valence-electron chi connectivity index (χ2n) is 6.53. The number of carbonyl (C=O) groups excluding carboxylic acids is 1.